The summed E-state index contributed by atoms with van der Waals surface area (Å²) >= 11 is 2.62. The minimum absolute atomic E-state index is 0.0305. The van der Waals surface area contributed by atoms with Gasteiger partial charge in [0.15, 0.2) is 4.34 Å². The van der Waals surface area contributed by atoms with Gasteiger partial charge < -0.3 is 10.1 Å². The molecule has 9 heteroatoms. The van der Waals surface area contributed by atoms with E-state index in [1.165, 1.54) is 35.2 Å². The van der Waals surface area contributed by atoms with Crippen LogP contribution in [-0.4, -0.2) is 28.2 Å². The van der Waals surface area contributed by atoms with Crippen LogP contribution >= 0.6 is 23.1 Å². The summed E-state index contributed by atoms with van der Waals surface area (Å²) in [6.07, 6.45) is 0. The van der Waals surface area contributed by atoms with Crippen LogP contribution < -0.4 is 10.1 Å². The number of para-hydroxylation sites is 2. The highest BCUT2D eigenvalue weighted by Crippen LogP contribution is 2.32. The summed E-state index contributed by atoms with van der Waals surface area (Å²) in [5.74, 6) is 0.635. The van der Waals surface area contributed by atoms with Crippen LogP contribution in [0.15, 0.2) is 46.8 Å². The quantitative estimate of drug-likeness (QED) is 0.367. The van der Waals surface area contributed by atoms with E-state index in [1.54, 1.807) is 18.2 Å². The number of nitro groups is 1. The molecule has 2 aromatic carbocycles. The fraction of sp³-hybridized carbons (Fsp3) is 0.176. The van der Waals surface area contributed by atoms with Crippen molar-refractivity contribution < 1.29 is 14.5 Å². The van der Waals surface area contributed by atoms with E-state index in [1.807, 2.05) is 19.1 Å². The maximum atomic E-state index is 12.2. The number of amides is 1. The average molecular weight is 389 g/mol. The lowest BCUT2D eigenvalue weighted by Gasteiger charge is -2.10. The predicted octanol–water partition coefficient (Wildman–Crippen LogP) is 4.33. The van der Waals surface area contributed by atoms with E-state index in [-0.39, 0.29) is 17.3 Å². The van der Waals surface area contributed by atoms with Gasteiger partial charge in [-0.1, -0.05) is 23.9 Å². The highest BCUT2D eigenvalue weighted by Gasteiger charge is 2.13. The lowest BCUT2D eigenvalue weighted by atomic mass is 10.3. The average Bonchev–Trinajstić information content (AvgIpc) is 3.04. The minimum Gasteiger partial charge on any atom is -0.492 e. The Hall–Kier alpha value is -2.65. The summed E-state index contributed by atoms with van der Waals surface area (Å²) in [5, 5.41) is 13.7. The molecule has 0 bridgehead atoms. The largest absolute Gasteiger partial charge is 0.492 e. The Morgan fingerprint density at radius 1 is 1.35 bits per heavy atom. The maximum absolute atomic E-state index is 12.2. The van der Waals surface area contributed by atoms with E-state index < -0.39 is 4.92 Å². The molecule has 26 heavy (non-hydrogen) atoms. The van der Waals surface area contributed by atoms with E-state index in [0.717, 1.165) is 4.70 Å². The first-order chi connectivity index (χ1) is 12.6. The van der Waals surface area contributed by atoms with Gasteiger partial charge in [-0.15, -0.1) is 11.3 Å². The van der Waals surface area contributed by atoms with Gasteiger partial charge in [-0.2, -0.15) is 0 Å². The Morgan fingerprint density at radius 2 is 2.15 bits per heavy atom. The summed E-state index contributed by atoms with van der Waals surface area (Å²) in [5.41, 5.74) is 1.34. The topological polar surface area (TPSA) is 94.4 Å². The van der Waals surface area contributed by atoms with Crippen LogP contribution in [0.1, 0.15) is 6.92 Å². The van der Waals surface area contributed by atoms with Gasteiger partial charge in [0.25, 0.3) is 5.69 Å². The molecule has 7 nitrogen and oxygen atoms in total. The second-order valence-corrected chi connectivity index (χ2v) is 7.41. The van der Waals surface area contributed by atoms with Crippen molar-refractivity contribution in [2.45, 2.75) is 11.3 Å². The third-order valence-corrected chi connectivity index (χ3v) is 5.51. The van der Waals surface area contributed by atoms with Crippen molar-refractivity contribution in [1.82, 2.24) is 4.98 Å². The number of nitro benzene ring substituents is 1. The highest BCUT2D eigenvalue weighted by molar-refractivity contribution is 8.01. The Labute approximate surface area is 157 Å². The number of hydrogen-bond donors (Lipinski definition) is 1. The summed E-state index contributed by atoms with van der Waals surface area (Å²) < 4.78 is 6.90. The molecule has 0 spiro atoms. The SMILES string of the molecule is CCOc1ccccc1NC(=O)CSc1nc2ccc([N+](=O)[O-])cc2s1. The van der Waals surface area contributed by atoms with E-state index in [9.17, 15) is 14.9 Å². The van der Waals surface area contributed by atoms with E-state index >= 15 is 0 Å². The standard InChI is InChI=1S/C17H15N3O4S2/c1-2-24-14-6-4-3-5-12(14)18-16(21)10-25-17-19-13-8-7-11(20(22)23)9-15(13)26-17/h3-9H,2,10H2,1H3,(H,18,21). The van der Waals surface area contributed by atoms with E-state index in [2.05, 4.69) is 10.3 Å². The van der Waals surface area contributed by atoms with Crippen molar-refractivity contribution in [2.75, 3.05) is 17.7 Å². The van der Waals surface area contributed by atoms with E-state index in [4.69, 9.17) is 4.74 Å². The third-order valence-electron chi connectivity index (χ3n) is 3.35. The molecule has 1 heterocycles. The maximum Gasteiger partial charge on any atom is 0.270 e. The zero-order valence-electron chi connectivity index (χ0n) is 13.8. The number of fused-ring (bicyclic) bond motifs is 1. The summed E-state index contributed by atoms with van der Waals surface area (Å²) in [6, 6.07) is 11.8. The first-order valence-corrected chi connectivity index (χ1v) is 9.56. The van der Waals surface area contributed by atoms with Gasteiger partial charge in [-0.25, -0.2) is 4.98 Å². The molecule has 0 fully saturated rings. The van der Waals surface area contributed by atoms with E-state index in [0.29, 0.717) is 27.9 Å². The number of thiazole rings is 1. The van der Waals surface area contributed by atoms with Gasteiger partial charge in [0.2, 0.25) is 5.91 Å². The number of carbonyl (C=O) groups excluding carboxylic acids is 1. The Morgan fingerprint density at radius 3 is 2.92 bits per heavy atom. The van der Waals surface area contributed by atoms with Gasteiger partial charge in [-0.3, -0.25) is 14.9 Å². The summed E-state index contributed by atoms with van der Waals surface area (Å²) in [4.78, 5) is 27.0. The molecule has 0 atom stereocenters. The first kappa shape index (κ1) is 18.2. The molecule has 0 aliphatic carbocycles. The summed E-state index contributed by atoms with van der Waals surface area (Å²) in [6.45, 7) is 2.39. The normalized spacial score (nSPS) is 10.7. The Bertz CT molecular complexity index is 958. The van der Waals surface area contributed by atoms with Crippen LogP contribution in [0.25, 0.3) is 10.2 Å². The molecule has 1 amide bonds. The molecule has 0 aliphatic rings. The van der Waals surface area contributed by atoms with Crippen molar-refractivity contribution in [2.24, 2.45) is 0 Å². The Balaban J connectivity index is 1.64. The number of carbonyl (C=O) groups is 1. The number of benzene rings is 2. The smallest absolute Gasteiger partial charge is 0.270 e. The second kappa shape index (κ2) is 8.15. The molecule has 134 valence electrons. The van der Waals surface area contributed by atoms with Gasteiger partial charge in [0, 0.05) is 12.1 Å². The second-order valence-electron chi connectivity index (χ2n) is 5.15. The highest BCUT2D eigenvalue weighted by atomic mass is 32.2. The van der Waals surface area contributed by atoms with Crippen molar-refractivity contribution in [1.29, 1.82) is 0 Å². The zero-order chi connectivity index (χ0) is 18.5. The summed E-state index contributed by atoms with van der Waals surface area (Å²) in [7, 11) is 0. The first-order valence-electron chi connectivity index (χ1n) is 7.76. The third kappa shape index (κ3) is 4.30. The van der Waals surface area contributed by atoms with Gasteiger partial charge in [0.05, 0.1) is 33.2 Å². The molecule has 1 N–H and O–H groups in total. The number of anilines is 1. The van der Waals surface area contributed by atoms with Crippen LogP contribution in [0.5, 0.6) is 5.75 Å². The predicted molar refractivity (Wildman–Crippen MR) is 103 cm³/mol. The molecule has 0 saturated heterocycles. The molecular formula is C17H15N3O4S2. The number of nitrogens with one attached hydrogen (secondary N) is 1. The zero-order valence-corrected chi connectivity index (χ0v) is 15.4. The number of hydrogen-bond acceptors (Lipinski definition) is 7. The molecular weight excluding hydrogens is 374 g/mol. The van der Waals surface area contributed by atoms with Gasteiger partial charge >= 0.3 is 0 Å². The van der Waals surface area contributed by atoms with Crippen LogP contribution in [0.2, 0.25) is 0 Å². The van der Waals surface area contributed by atoms with Crippen molar-refractivity contribution in [3.8, 4) is 5.75 Å². The van der Waals surface area contributed by atoms with Crippen LogP contribution in [0.4, 0.5) is 11.4 Å². The lowest BCUT2D eigenvalue weighted by Crippen LogP contribution is -2.14. The van der Waals surface area contributed by atoms with Gasteiger partial charge in [-0.05, 0) is 25.1 Å². The molecule has 0 aliphatic heterocycles. The van der Waals surface area contributed by atoms with Gasteiger partial charge in [0.1, 0.15) is 5.75 Å². The molecule has 0 radical (unpaired) electrons. The molecule has 3 aromatic rings. The minimum atomic E-state index is -0.435. The number of thioether (sulfide) groups is 1. The molecule has 1 aromatic heterocycles. The number of aromatic nitrogens is 1. The van der Waals surface area contributed by atoms with Crippen LogP contribution in [-0.2, 0) is 4.79 Å². The number of rotatable bonds is 7. The van der Waals surface area contributed by atoms with Crippen molar-refractivity contribution in [3.05, 3.63) is 52.6 Å². The molecule has 3 rings (SSSR count). The molecule has 0 saturated carbocycles. The Kier molecular flexibility index (Phi) is 5.69. The van der Waals surface area contributed by atoms with Crippen LogP contribution in [0, 0.1) is 10.1 Å². The fourth-order valence-corrected chi connectivity index (χ4v) is 4.13. The number of ether oxygens (including phenoxy) is 1. The van der Waals surface area contributed by atoms with Crippen molar-refractivity contribution >= 4 is 50.6 Å². The lowest BCUT2D eigenvalue weighted by molar-refractivity contribution is -0.384. The number of nitrogens with zero attached hydrogens (tertiary/aromatic N) is 2. The van der Waals surface area contributed by atoms with Crippen LogP contribution in [0.3, 0.4) is 0 Å². The number of non-ortho nitro benzene ring substituents is 1. The monoisotopic (exact) mass is 389 g/mol. The molecule has 0 unspecified atom stereocenters. The van der Waals surface area contributed by atoms with Crippen molar-refractivity contribution in [3.63, 3.8) is 0 Å². The fourth-order valence-electron chi connectivity index (χ4n) is 2.23.